The van der Waals surface area contributed by atoms with Gasteiger partial charge in [-0.2, -0.15) is 5.26 Å². The Bertz CT molecular complexity index is 628. The number of fused-ring (bicyclic) bond motifs is 1. The van der Waals surface area contributed by atoms with Crippen molar-refractivity contribution in [3.8, 4) is 6.07 Å². The van der Waals surface area contributed by atoms with Crippen molar-refractivity contribution in [2.75, 3.05) is 27.2 Å². The lowest BCUT2D eigenvalue weighted by molar-refractivity contribution is 0.395. The van der Waals surface area contributed by atoms with Gasteiger partial charge in [-0.15, -0.1) is 0 Å². The van der Waals surface area contributed by atoms with Crippen molar-refractivity contribution in [1.29, 1.82) is 5.26 Å². The summed E-state index contributed by atoms with van der Waals surface area (Å²) in [4.78, 5) is 6.57. The van der Waals surface area contributed by atoms with E-state index in [1.807, 2.05) is 45.3 Å². The molecule has 0 aliphatic rings. The summed E-state index contributed by atoms with van der Waals surface area (Å²) in [7, 11) is 4.04. The van der Waals surface area contributed by atoms with Crippen molar-refractivity contribution in [1.82, 2.24) is 15.2 Å². The second-order valence-electron chi connectivity index (χ2n) is 5.22. The highest BCUT2D eigenvalue weighted by Gasteiger charge is 2.10. The van der Waals surface area contributed by atoms with Gasteiger partial charge in [0.2, 0.25) is 0 Å². The molecule has 1 N–H and O–H groups in total. The number of nitriles is 1. The van der Waals surface area contributed by atoms with Gasteiger partial charge in [0.05, 0.1) is 11.6 Å². The van der Waals surface area contributed by atoms with Crippen LogP contribution in [-0.4, -0.2) is 37.1 Å². The molecule has 104 valence electrons. The molecule has 2 aromatic rings. The molecular formula is C16H20N4. The van der Waals surface area contributed by atoms with E-state index in [2.05, 4.69) is 27.3 Å². The Hall–Kier alpha value is -1.96. The highest BCUT2D eigenvalue weighted by atomic mass is 15.1. The van der Waals surface area contributed by atoms with Crippen molar-refractivity contribution < 1.29 is 0 Å². The van der Waals surface area contributed by atoms with Crippen LogP contribution >= 0.6 is 0 Å². The standard InChI is InChI=1S/C16H20N4/c1-12-4-5-13-10-14(6-7-15(13)19-12)16(11-17)18-8-9-20(2)3/h4-7,10,16,18H,8-9H2,1-3H3. The van der Waals surface area contributed by atoms with Crippen molar-refractivity contribution in [2.24, 2.45) is 0 Å². The number of aryl methyl sites for hydroxylation is 1. The van der Waals surface area contributed by atoms with Gasteiger partial charge >= 0.3 is 0 Å². The molecule has 2 rings (SSSR count). The Labute approximate surface area is 120 Å². The smallest absolute Gasteiger partial charge is 0.121 e. The van der Waals surface area contributed by atoms with Crippen LogP contribution in [0.15, 0.2) is 30.3 Å². The van der Waals surface area contributed by atoms with Crippen LogP contribution in [0.2, 0.25) is 0 Å². The number of rotatable bonds is 5. The maximum absolute atomic E-state index is 9.32. The molecule has 0 spiro atoms. The average Bonchev–Trinajstić information content (AvgIpc) is 2.43. The van der Waals surface area contributed by atoms with Crippen LogP contribution in [-0.2, 0) is 0 Å². The number of likely N-dealkylation sites (N-methyl/N-ethyl adjacent to an activating group) is 1. The highest BCUT2D eigenvalue weighted by molar-refractivity contribution is 5.79. The van der Waals surface area contributed by atoms with Gasteiger partial charge in [0.15, 0.2) is 0 Å². The van der Waals surface area contributed by atoms with E-state index in [4.69, 9.17) is 0 Å². The van der Waals surface area contributed by atoms with Gasteiger partial charge in [-0.1, -0.05) is 12.1 Å². The van der Waals surface area contributed by atoms with Crippen molar-refractivity contribution in [3.63, 3.8) is 0 Å². The minimum absolute atomic E-state index is 0.277. The molecule has 4 heteroatoms. The summed E-state index contributed by atoms with van der Waals surface area (Å²) >= 11 is 0. The first-order valence-electron chi connectivity index (χ1n) is 6.75. The third-order valence-electron chi connectivity index (χ3n) is 3.22. The molecular weight excluding hydrogens is 248 g/mol. The molecule has 0 radical (unpaired) electrons. The lowest BCUT2D eigenvalue weighted by Crippen LogP contribution is -2.29. The summed E-state index contributed by atoms with van der Waals surface area (Å²) in [6, 6.07) is 12.1. The van der Waals surface area contributed by atoms with E-state index in [-0.39, 0.29) is 6.04 Å². The normalized spacial score (nSPS) is 12.6. The molecule has 0 saturated carbocycles. The highest BCUT2D eigenvalue weighted by Crippen LogP contribution is 2.19. The Kier molecular flexibility index (Phi) is 4.67. The monoisotopic (exact) mass is 268 g/mol. The Morgan fingerprint density at radius 1 is 1.30 bits per heavy atom. The number of nitrogens with one attached hydrogen (secondary N) is 1. The van der Waals surface area contributed by atoms with E-state index in [1.54, 1.807) is 0 Å². The zero-order valence-corrected chi connectivity index (χ0v) is 12.2. The van der Waals surface area contributed by atoms with Crippen LogP contribution in [0, 0.1) is 18.3 Å². The molecule has 0 bridgehead atoms. The van der Waals surface area contributed by atoms with E-state index in [1.165, 1.54) is 0 Å². The summed E-state index contributed by atoms with van der Waals surface area (Å²) in [6.45, 7) is 3.68. The van der Waals surface area contributed by atoms with Gasteiger partial charge < -0.3 is 4.90 Å². The minimum Gasteiger partial charge on any atom is -0.308 e. The van der Waals surface area contributed by atoms with E-state index in [0.717, 1.165) is 35.2 Å². The van der Waals surface area contributed by atoms with Crippen LogP contribution < -0.4 is 5.32 Å². The third-order valence-corrected chi connectivity index (χ3v) is 3.22. The SMILES string of the molecule is Cc1ccc2cc(C(C#N)NCCN(C)C)ccc2n1. The minimum atomic E-state index is -0.277. The van der Waals surface area contributed by atoms with Crippen LogP contribution in [0.25, 0.3) is 10.9 Å². The first-order chi connectivity index (χ1) is 9.60. The van der Waals surface area contributed by atoms with E-state index < -0.39 is 0 Å². The number of nitrogens with zero attached hydrogens (tertiary/aromatic N) is 3. The fourth-order valence-corrected chi connectivity index (χ4v) is 2.10. The van der Waals surface area contributed by atoms with Crippen LogP contribution in [0.3, 0.4) is 0 Å². The predicted molar refractivity (Wildman–Crippen MR) is 81.4 cm³/mol. The van der Waals surface area contributed by atoms with Gasteiger partial charge in [0.25, 0.3) is 0 Å². The molecule has 4 nitrogen and oxygen atoms in total. The van der Waals surface area contributed by atoms with Crippen molar-refractivity contribution in [3.05, 3.63) is 41.6 Å². The largest absolute Gasteiger partial charge is 0.308 e. The molecule has 1 atom stereocenters. The molecule has 0 aliphatic carbocycles. The summed E-state index contributed by atoms with van der Waals surface area (Å²) in [5.74, 6) is 0. The van der Waals surface area contributed by atoms with E-state index in [9.17, 15) is 5.26 Å². The number of benzene rings is 1. The molecule has 0 amide bonds. The van der Waals surface area contributed by atoms with Gasteiger partial charge in [-0.05, 0) is 44.8 Å². The molecule has 1 aromatic carbocycles. The maximum Gasteiger partial charge on any atom is 0.121 e. The van der Waals surface area contributed by atoms with Crippen LogP contribution in [0.5, 0.6) is 0 Å². The van der Waals surface area contributed by atoms with E-state index >= 15 is 0 Å². The fourth-order valence-electron chi connectivity index (χ4n) is 2.10. The quantitative estimate of drug-likeness (QED) is 0.903. The molecule has 0 saturated heterocycles. The third kappa shape index (κ3) is 3.53. The predicted octanol–water partition coefficient (Wildman–Crippen LogP) is 2.26. The molecule has 1 aromatic heterocycles. The van der Waals surface area contributed by atoms with Gasteiger partial charge in [0.1, 0.15) is 6.04 Å². The summed E-state index contributed by atoms with van der Waals surface area (Å²) in [6.07, 6.45) is 0. The second-order valence-corrected chi connectivity index (χ2v) is 5.22. The first-order valence-corrected chi connectivity index (χ1v) is 6.75. The van der Waals surface area contributed by atoms with Crippen molar-refractivity contribution >= 4 is 10.9 Å². The van der Waals surface area contributed by atoms with Crippen LogP contribution in [0.1, 0.15) is 17.3 Å². The van der Waals surface area contributed by atoms with E-state index in [0.29, 0.717) is 0 Å². The van der Waals surface area contributed by atoms with Crippen molar-refractivity contribution in [2.45, 2.75) is 13.0 Å². The molecule has 1 heterocycles. The molecule has 0 aliphatic heterocycles. The van der Waals surface area contributed by atoms with Crippen LogP contribution in [0.4, 0.5) is 0 Å². The Morgan fingerprint density at radius 2 is 2.10 bits per heavy atom. The van der Waals surface area contributed by atoms with Gasteiger partial charge in [0, 0.05) is 24.2 Å². The second kappa shape index (κ2) is 6.47. The average molecular weight is 268 g/mol. The number of aromatic nitrogens is 1. The summed E-state index contributed by atoms with van der Waals surface area (Å²) in [5, 5.41) is 13.7. The lowest BCUT2D eigenvalue weighted by Gasteiger charge is -2.15. The summed E-state index contributed by atoms with van der Waals surface area (Å²) in [5.41, 5.74) is 2.97. The maximum atomic E-state index is 9.32. The number of hydrogen-bond acceptors (Lipinski definition) is 4. The lowest BCUT2D eigenvalue weighted by atomic mass is 10.0. The summed E-state index contributed by atoms with van der Waals surface area (Å²) < 4.78 is 0. The zero-order valence-electron chi connectivity index (χ0n) is 12.2. The molecule has 0 fully saturated rings. The fraction of sp³-hybridized carbons (Fsp3) is 0.375. The Balaban J connectivity index is 2.18. The topological polar surface area (TPSA) is 52.0 Å². The number of hydrogen-bond donors (Lipinski definition) is 1. The van der Waals surface area contributed by atoms with Gasteiger partial charge in [-0.25, -0.2) is 0 Å². The Morgan fingerprint density at radius 3 is 2.80 bits per heavy atom. The molecule has 1 unspecified atom stereocenters. The number of pyridine rings is 1. The first kappa shape index (κ1) is 14.4. The zero-order chi connectivity index (χ0) is 14.5. The van der Waals surface area contributed by atoms with Gasteiger partial charge in [-0.3, -0.25) is 10.3 Å². The molecule has 20 heavy (non-hydrogen) atoms.